The predicted octanol–water partition coefficient (Wildman–Crippen LogP) is 3.56. The zero-order chi connectivity index (χ0) is 16.8. The molecule has 1 fully saturated rings. The van der Waals surface area contributed by atoms with E-state index in [1.165, 1.54) is 6.42 Å². The van der Waals surface area contributed by atoms with Crippen LogP contribution < -0.4 is 10.1 Å². The smallest absolute Gasteiger partial charge is 0.317 e. The lowest BCUT2D eigenvalue weighted by atomic mass is 10.1. The quantitative estimate of drug-likeness (QED) is 0.901. The molecule has 0 aliphatic carbocycles. The summed E-state index contributed by atoms with van der Waals surface area (Å²) in [5, 5.41) is 6.06. The average molecular weight is 345 g/mol. The molecule has 1 N–H and O–H groups in total. The summed E-state index contributed by atoms with van der Waals surface area (Å²) in [4.78, 5) is 18.6. The minimum Gasteiger partial charge on any atom is -0.497 e. The first-order valence-electron chi connectivity index (χ1n) is 8.38. The number of likely N-dealkylation sites (tertiary alicyclic amines) is 1. The standard InChI is InChI=1S/C18H23N3O2S/c1-23-16-7-5-14(6-8-16)17-20-15(13-24-17)9-10-19-18(22)21-11-3-2-4-12-21/h5-8,13H,2-4,9-12H2,1H3,(H,19,22). The molecule has 3 rings (SSSR count). The highest BCUT2D eigenvalue weighted by Crippen LogP contribution is 2.25. The van der Waals surface area contributed by atoms with Crippen LogP contribution >= 0.6 is 11.3 Å². The van der Waals surface area contributed by atoms with E-state index in [-0.39, 0.29) is 6.03 Å². The van der Waals surface area contributed by atoms with Crippen molar-refractivity contribution in [3.05, 3.63) is 35.3 Å². The monoisotopic (exact) mass is 345 g/mol. The van der Waals surface area contributed by atoms with E-state index >= 15 is 0 Å². The molecule has 0 bridgehead atoms. The van der Waals surface area contributed by atoms with Gasteiger partial charge in [-0.2, -0.15) is 0 Å². The molecule has 0 atom stereocenters. The van der Waals surface area contributed by atoms with E-state index in [1.807, 2.05) is 29.2 Å². The lowest BCUT2D eigenvalue weighted by molar-refractivity contribution is 0.186. The van der Waals surface area contributed by atoms with Crippen LogP contribution in [0.15, 0.2) is 29.6 Å². The van der Waals surface area contributed by atoms with E-state index in [4.69, 9.17) is 4.74 Å². The first-order chi connectivity index (χ1) is 11.8. The van der Waals surface area contributed by atoms with Crippen LogP contribution in [0.4, 0.5) is 4.79 Å². The fourth-order valence-electron chi connectivity index (χ4n) is 2.79. The molecule has 0 unspecified atom stereocenters. The van der Waals surface area contributed by atoms with E-state index in [1.54, 1.807) is 18.4 Å². The zero-order valence-corrected chi connectivity index (χ0v) is 14.8. The van der Waals surface area contributed by atoms with Gasteiger partial charge in [-0.25, -0.2) is 9.78 Å². The number of aromatic nitrogens is 1. The van der Waals surface area contributed by atoms with Crippen molar-refractivity contribution in [2.45, 2.75) is 25.7 Å². The largest absolute Gasteiger partial charge is 0.497 e. The minimum absolute atomic E-state index is 0.0558. The zero-order valence-electron chi connectivity index (χ0n) is 14.0. The fourth-order valence-corrected chi connectivity index (χ4v) is 3.65. The van der Waals surface area contributed by atoms with Crippen molar-refractivity contribution < 1.29 is 9.53 Å². The van der Waals surface area contributed by atoms with Crippen molar-refractivity contribution in [2.24, 2.45) is 0 Å². The predicted molar refractivity (Wildman–Crippen MR) is 96.6 cm³/mol. The third kappa shape index (κ3) is 4.26. The van der Waals surface area contributed by atoms with Crippen molar-refractivity contribution >= 4 is 17.4 Å². The van der Waals surface area contributed by atoms with Gasteiger partial charge in [0.25, 0.3) is 0 Å². The maximum atomic E-state index is 12.1. The van der Waals surface area contributed by atoms with Crippen LogP contribution in [0, 0.1) is 0 Å². The van der Waals surface area contributed by atoms with E-state index in [0.29, 0.717) is 6.54 Å². The number of hydrogen-bond acceptors (Lipinski definition) is 4. The number of nitrogens with one attached hydrogen (secondary N) is 1. The fraction of sp³-hybridized carbons (Fsp3) is 0.444. The van der Waals surface area contributed by atoms with Crippen LogP contribution in [-0.4, -0.2) is 42.7 Å². The lowest BCUT2D eigenvalue weighted by Crippen LogP contribution is -2.43. The van der Waals surface area contributed by atoms with Gasteiger partial charge in [0.2, 0.25) is 0 Å². The maximum Gasteiger partial charge on any atom is 0.317 e. The van der Waals surface area contributed by atoms with Gasteiger partial charge in [0.1, 0.15) is 10.8 Å². The second kappa shape index (κ2) is 8.15. The van der Waals surface area contributed by atoms with Crippen molar-refractivity contribution in [2.75, 3.05) is 26.7 Å². The van der Waals surface area contributed by atoms with Gasteiger partial charge in [-0.3, -0.25) is 0 Å². The molecule has 24 heavy (non-hydrogen) atoms. The summed E-state index contributed by atoms with van der Waals surface area (Å²) >= 11 is 1.63. The number of carbonyl (C=O) groups excluding carboxylic acids is 1. The highest BCUT2D eigenvalue weighted by molar-refractivity contribution is 7.13. The molecule has 1 aromatic carbocycles. The molecule has 2 heterocycles. The number of piperidine rings is 1. The molecule has 0 radical (unpaired) electrons. The van der Waals surface area contributed by atoms with Gasteiger partial charge >= 0.3 is 6.03 Å². The van der Waals surface area contributed by atoms with E-state index in [2.05, 4.69) is 15.7 Å². The summed E-state index contributed by atoms with van der Waals surface area (Å²) < 4.78 is 5.17. The highest BCUT2D eigenvalue weighted by atomic mass is 32.1. The Balaban J connectivity index is 1.49. The number of rotatable bonds is 5. The number of carbonyl (C=O) groups is 1. The Morgan fingerprint density at radius 3 is 2.71 bits per heavy atom. The van der Waals surface area contributed by atoms with Gasteiger partial charge in [0.15, 0.2) is 0 Å². The number of ether oxygens (including phenoxy) is 1. The highest BCUT2D eigenvalue weighted by Gasteiger charge is 2.15. The van der Waals surface area contributed by atoms with Crippen molar-refractivity contribution in [1.29, 1.82) is 0 Å². The minimum atomic E-state index is 0.0558. The molecular weight excluding hydrogens is 322 g/mol. The van der Waals surface area contributed by atoms with Crippen molar-refractivity contribution in [3.63, 3.8) is 0 Å². The van der Waals surface area contributed by atoms with Crippen LogP contribution in [-0.2, 0) is 6.42 Å². The Hall–Kier alpha value is -2.08. The lowest BCUT2D eigenvalue weighted by Gasteiger charge is -2.26. The van der Waals surface area contributed by atoms with E-state index in [9.17, 15) is 4.79 Å². The van der Waals surface area contributed by atoms with Gasteiger partial charge in [-0.1, -0.05) is 0 Å². The molecule has 5 nitrogen and oxygen atoms in total. The number of benzene rings is 1. The normalized spacial score (nSPS) is 14.5. The van der Waals surface area contributed by atoms with Gasteiger partial charge < -0.3 is 15.0 Å². The molecule has 1 aliphatic heterocycles. The molecule has 0 saturated carbocycles. The van der Waals surface area contributed by atoms with Gasteiger partial charge in [0.05, 0.1) is 12.8 Å². The van der Waals surface area contributed by atoms with E-state index in [0.717, 1.165) is 54.4 Å². The number of methoxy groups -OCH3 is 1. The van der Waals surface area contributed by atoms with Gasteiger partial charge in [-0.15, -0.1) is 11.3 Å². The Kier molecular flexibility index (Phi) is 5.69. The summed E-state index contributed by atoms with van der Waals surface area (Å²) in [5.41, 5.74) is 2.11. The molecule has 128 valence electrons. The summed E-state index contributed by atoms with van der Waals surface area (Å²) in [6.45, 7) is 2.38. The number of amides is 2. The van der Waals surface area contributed by atoms with Crippen LogP contribution in [0.5, 0.6) is 5.75 Å². The summed E-state index contributed by atoms with van der Waals surface area (Å²) in [5.74, 6) is 0.843. The van der Waals surface area contributed by atoms with E-state index < -0.39 is 0 Å². The van der Waals surface area contributed by atoms with Crippen molar-refractivity contribution in [1.82, 2.24) is 15.2 Å². The number of thiazole rings is 1. The summed E-state index contributed by atoms with van der Waals surface area (Å²) in [6.07, 6.45) is 4.22. The summed E-state index contributed by atoms with van der Waals surface area (Å²) in [6, 6.07) is 7.96. The number of urea groups is 1. The second-order valence-electron chi connectivity index (χ2n) is 5.90. The van der Waals surface area contributed by atoms with Crippen LogP contribution in [0.1, 0.15) is 25.0 Å². The molecule has 0 spiro atoms. The Bertz CT molecular complexity index is 663. The molecular formula is C18H23N3O2S. The van der Waals surface area contributed by atoms with Crippen LogP contribution in [0.3, 0.4) is 0 Å². The molecule has 1 aliphatic rings. The Labute approximate surface area is 146 Å². The maximum absolute atomic E-state index is 12.1. The molecule has 1 aromatic heterocycles. The number of hydrogen-bond donors (Lipinski definition) is 1. The SMILES string of the molecule is COc1ccc(-c2nc(CCNC(=O)N3CCCCC3)cs2)cc1. The average Bonchev–Trinajstić information content (AvgIpc) is 3.11. The van der Waals surface area contributed by atoms with Crippen molar-refractivity contribution in [3.8, 4) is 16.3 Å². The molecule has 6 heteroatoms. The second-order valence-corrected chi connectivity index (χ2v) is 6.76. The molecule has 2 aromatic rings. The molecule has 1 saturated heterocycles. The van der Waals surface area contributed by atoms with Gasteiger partial charge in [0, 0.05) is 37.0 Å². The third-order valence-corrected chi connectivity index (χ3v) is 5.13. The Morgan fingerprint density at radius 1 is 1.25 bits per heavy atom. The molecule has 2 amide bonds. The van der Waals surface area contributed by atoms with Gasteiger partial charge in [-0.05, 0) is 43.5 Å². The summed E-state index contributed by atoms with van der Waals surface area (Å²) in [7, 11) is 1.66. The van der Waals surface area contributed by atoms with Crippen LogP contribution in [0.25, 0.3) is 10.6 Å². The Morgan fingerprint density at radius 2 is 2.00 bits per heavy atom. The first kappa shape index (κ1) is 16.8. The third-order valence-electron chi connectivity index (χ3n) is 4.19. The van der Waals surface area contributed by atoms with Crippen LogP contribution in [0.2, 0.25) is 0 Å². The number of nitrogens with zero attached hydrogens (tertiary/aromatic N) is 2. The topological polar surface area (TPSA) is 54.5 Å². The first-order valence-corrected chi connectivity index (χ1v) is 9.26.